The summed E-state index contributed by atoms with van der Waals surface area (Å²) in [7, 11) is 3.71. The van der Waals surface area contributed by atoms with E-state index in [1.54, 1.807) is 30.5 Å². The highest BCUT2D eigenvalue weighted by molar-refractivity contribution is 5.92. The number of fused-ring (bicyclic) bond motifs is 2. The van der Waals surface area contributed by atoms with Gasteiger partial charge in [-0.25, -0.2) is 0 Å². The highest BCUT2D eigenvalue weighted by atomic mass is 16.5. The number of benzene rings is 1. The van der Waals surface area contributed by atoms with Crippen LogP contribution in [0.25, 0.3) is 21.9 Å². The molecular weight excluding hydrogens is 512 g/mol. The second-order valence-electron chi connectivity index (χ2n) is 10.1. The number of methoxy groups -OCH3 is 1. The van der Waals surface area contributed by atoms with Gasteiger partial charge in [-0.1, -0.05) is 12.6 Å². The van der Waals surface area contributed by atoms with Gasteiger partial charge in [0.15, 0.2) is 11.6 Å². The number of carbonyl (C=O) groups is 1. The molecule has 12 nitrogen and oxygen atoms in total. The van der Waals surface area contributed by atoms with Crippen molar-refractivity contribution in [3.8, 4) is 17.5 Å². The lowest BCUT2D eigenvalue weighted by molar-refractivity contribution is -0.126. The summed E-state index contributed by atoms with van der Waals surface area (Å²) in [6.45, 7) is 9.30. The standard InChI is InChI=1S/C28H32N8O4/c1-5-23(37)35-10-12-36(13-11-35)27-25-24(31-28(32-27)40-22-16-34(3)15-21(22)38-4)20(8-9-29-25)39-26-17(2)6-7-19-18(26)14-30-33-19/h5-9,14,21-22H,1,10-13,15-16H2,2-4H3,(H,30,33)/t21-,22-/m1/s1. The number of nitrogens with one attached hydrogen (secondary N) is 1. The van der Waals surface area contributed by atoms with E-state index in [0.717, 1.165) is 23.0 Å². The van der Waals surface area contributed by atoms with Crippen molar-refractivity contribution in [2.45, 2.75) is 19.1 Å². The lowest BCUT2D eigenvalue weighted by Crippen LogP contribution is -2.48. The van der Waals surface area contributed by atoms with E-state index in [-0.39, 0.29) is 24.1 Å². The van der Waals surface area contributed by atoms with Crippen LogP contribution < -0.4 is 14.4 Å². The molecule has 0 unspecified atom stereocenters. The van der Waals surface area contributed by atoms with Crippen molar-refractivity contribution in [2.75, 3.05) is 58.3 Å². The molecule has 0 saturated carbocycles. The zero-order valence-corrected chi connectivity index (χ0v) is 22.8. The van der Waals surface area contributed by atoms with E-state index in [9.17, 15) is 4.79 Å². The quantitative estimate of drug-likeness (QED) is 0.347. The van der Waals surface area contributed by atoms with E-state index in [1.807, 2.05) is 26.1 Å². The van der Waals surface area contributed by atoms with E-state index >= 15 is 0 Å². The van der Waals surface area contributed by atoms with Gasteiger partial charge in [0.25, 0.3) is 0 Å². The minimum atomic E-state index is -0.231. The summed E-state index contributed by atoms with van der Waals surface area (Å²) < 4.78 is 18.6. The van der Waals surface area contributed by atoms with Gasteiger partial charge < -0.3 is 24.0 Å². The molecule has 2 aliphatic rings. The summed E-state index contributed by atoms with van der Waals surface area (Å²) in [5.74, 6) is 1.77. The van der Waals surface area contributed by atoms with Crippen molar-refractivity contribution >= 4 is 33.7 Å². The van der Waals surface area contributed by atoms with Gasteiger partial charge in [-0.05, 0) is 31.7 Å². The molecule has 0 aliphatic carbocycles. The van der Waals surface area contributed by atoms with Gasteiger partial charge in [-0.3, -0.25) is 19.8 Å². The molecule has 1 aromatic carbocycles. The van der Waals surface area contributed by atoms with E-state index in [1.165, 1.54) is 6.08 Å². The summed E-state index contributed by atoms with van der Waals surface area (Å²) in [5, 5.41) is 8.05. The van der Waals surface area contributed by atoms with Crippen LogP contribution in [0.2, 0.25) is 0 Å². The van der Waals surface area contributed by atoms with E-state index in [4.69, 9.17) is 24.2 Å². The molecule has 1 N–H and O–H groups in total. The van der Waals surface area contributed by atoms with Gasteiger partial charge >= 0.3 is 6.01 Å². The molecular formula is C28H32N8O4. The van der Waals surface area contributed by atoms with Gasteiger partial charge in [0, 0.05) is 58.6 Å². The van der Waals surface area contributed by atoms with Crippen LogP contribution in [0.1, 0.15) is 5.56 Å². The SMILES string of the molecule is C=CC(=O)N1CCN(c2nc(O[C@@H]3CN(C)C[C@H]3OC)nc3c(Oc4c(C)ccc5[nH]ncc45)ccnc23)CC1. The molecule has 0 spiro atoms. The van der Waals surface area contributed by atoms with Crippen LogP contribution >= 0.6 is 0 Å². The molecule has 12 heteroatoms. The van der Waals surface area contributed by atoms with E-state index < -0.39 is 0 Å². The summed E-state index contributed by atoms with van der Waals surface area (Å²) in [6, 6.07) is 5.98. The lowest BCUT2D eigenvalue weighted by atomic mass is 10.1. The fourth-order valence-electron chi connectivity index (χ4n) is 5.34. The summed E-state index contributed by atoms with van der Waals surface area (Å²) in [4.78, 5) is 32.5. The van der Waals surface area contributed by atoms with E-state index in [2.05, 4.69) is 31.6 Å². The first-order valence-corrected chi connectivity index (χ1v) is 13.3. The van der Waals surface area contributed by atoms with Crippen LogP contribution in [0.4, 0.5) is 5.82 Å². The number of amides is 1. The average Bonchev–Trinajstić information content (AvgIpc) is 3.60. The Balaban J connectivity index is 1.42. The number of aromatic nitrogens is 5. The maximum absolute atomic E-state index is 12.2. The third-order valence-electron chi connectivity index (χ3n) is 7.51. The average molecular weight is 545 g/mol. The lowest BCUT2D eigenvalue weighted by Gasteiger charge is -2.35. The molecule has 1 amide bonds. The molecule has 0 radical (unpaired) electrons. The third-order valence-corrected chi connectivity index (χ3v) is 7.51. The Morgan fingerprint density at radius 1 is 1.10 bits per heavy atom. The number of likely N-dealkylation sites (N-methyl/N-ethyl adjacent to an activating group) is 1. The second-order valence-corrected chi connectivity index (χ2v) is 10.1. The Morgan fingerprint density at radius 2 is 1.90 bits per heavy atom. The van der Waals surface area contributed by atoms with Crippen molar-refractivity contribution in [1.29, 1.82) is 0 Å². The number of hydrogen-bond acceptors (Lipinski definition) is 10. The molecule has 5 heterocycles. The highest BCUT2D eigenvalue weighted by Gasteiger charge is 2.34. The number of aromatic amines is 1. The van der Waals surface area contributed by atoms with Crippen molar-refractivity contribution in [1.82, 2.24) is 34.9 Å². The Bertz CT molecular complexity index is 1560. The summed E-state index contributed by atoms with van der Waals surface area (Å²) in [6.07, 6.45) is 4.46. The number of nitrogens with zero attached hydrogens (tertiary/aromatic N) is 7. The van der Waals surface area contributed by atoms with Crippen LogP contribution in [-0.4, -0.2) is 106 Å². The molecule has 4 aromatic rings. The molecule has 3 aromatic heterocycles. The normalized spacial score (nSPS) is 19.9. The van der Waals surface area contributed by atoms with Gasteiger partial charge in [-0.2, -0.15) is 15.1 Å². The zero-order chi connectivity index (χ0) is 27.8. The number of hydrogen-bond donors (Lipinski definition) is 1. The molecule has 2 atom stereocenters. The maximum Gasteiger partial charge on any atom is 0.319 e. The minimum Gasteiger partial charge on any atom is -0.456 e. The number of anilines is 1. The molecule has 2 aliphatic heterocycles. The van der Waals surface area contributed by atoms with Crippen molar-refractivity contribution < 1.29 is 19.0 Å². The Labute approximate surface area is 231 Å². The molecule has 0 bridgehead atoms. The van der Waals surface area contributed by atoms with Gasteiger partial charge in [0.05, 0.1) is 17.1 Å². The Kier molecular flexibility index (Phi) is 6.95. The number of aryl methyl sites for hydroxylation is 1. The molecule has 40 heavy (non-hydrogen) atoms. The largest absolute Gasteiger partial charge is 0.456 e. The van der Waals surface area contributed by atoms with Gasteiger partial charge in [-0.15, -0.1) is 0 Å². The first kappa shape index (κ1) is 26.0. The fraction of sp³-hybridized carbons (Fsp3) is 0.393. The molecule has 2 fully saturated rings. The number of likely N-dealkylation sites (tertiary alicyclic amines) is 1. The smallest absolute Gasteiger partial charge is 0.319 e. The number of piperazine rings is 1. The zero-order valence-electron chi connectivity index (χ0n) is 22.8. The van der Waals surface area contributed by atoms with Crippen LogP contribution in [0.5, 0.6) is 17.5 Å². The van der Waals surface area contributed by atoms with Crippen molar-refractivity contribution in [3.05, 3.63) is 48.8 Å². The highest BCUT2D eigenvalue weighted by Crippen LogP contribution is 2.37. The van der Waals surface area contributed by atoms with Crippen LogP contribution in [0.15, 0.2) is 43.2 Å². The van der Waals surface area contributed by atoms with E-state index in [0.29, 0.717) is 61.1 Å². The van der Waals surface area contributed by atoms with Crippen LogP contribution in [-0.2, 0) is 9.53 Å². The topological polar surface area (TPSA) is 122 Å². The number of pyridine rings is 1. The van der Waals surface area contributed by atoms with Gasteiger partial charge in [0.2, 0.25) is 5.91 Å². The maximum atomic E-state index is 12.2. The molecule has 2 saturated heterocycles. The van der Waals surface area contributed by atoms with Crippen LogP contribution in [0.3, 0.4) is 0 Å². The first-order chi connectivity index (χ1) is 19.4. The summed E-state index contributed by atoms with van der Waals surface area (Å²) in [5.41, 5.74) is 2.97. The van der Waals surface area contributed by atoms with Crippen LogP contribution in [0, 0.1) is 6.92 Å². The molecule has 6 rings (SSSR count). The fourth-order valence-corrected chi connectivity index (χ4v) is 5.34. The number of H-pyrrole nitrogens is 1. The van der Waals surface area contributed by atoms with Crippen molar-refractivity contribution in [2.24, 2.45) is 0 Å². The predicted octanol–water partition coefficient (Wildman–Crippen LogP) is 2.54. The Hall–Kier alpha value is -4.29. The van der Waals surface area contributed by atoms with Gasteiger partial charge in [0.1, 0.15) is 29.0 Å². The van der Waals surface area contributed by atoms with Crippen molar-refractivity contribution in [3.63, 3.8) is 0 Å². The minimum absolute atomic E-state index is 0.0789. The predicted molar refractivity (Wildman–Crippen MR) is 150 cm³/mol. The second kappa shape index (κ2) is 10.7. The third kappa shape index (κ3) is 4.80. The molecule has 208 valence electrons. The summed E-state index contributed by atoms with van der Waals surface area (Å²) >= 11 is 0. The number of carbonyl (C=O) groups excluding carboxylic acids is 1. The Morgan fingerprint density at radius 3 is 2.67 bits per heavy atom. The number of ether oxygens (including phenoxy) is 3. The monoisotopic (exact) mass is 544 g/mol. The first-order valence-electron chi connectivity index (χ1n) is 13.3. The number of rotatable bonds is 7.